The van der Waals surface area contributed by atoms with E-state index in [1.807, 2.05) is 25.1 Å². The van der Waals surface area contributed by atoms with E-state index in [1.54, 1.807) is 17.1 Å². The Morgan fingerprint density at radius 2 is 2.04 bits per heavy atom. The molecule has 1 heterocycles. The first-order valence-corrected chi connectivity index (χ1v) is 8.36. The number of benzene rings is 2. The van der Waals surface area contributed by atoms with Crippen LogP contribution in [0.15, 0.2) is 47.6 Å². The molecule has 8 heteroatoms. The number of fused-ring (bicyclic) bond motifs is 1. The molecule has 25 heavy (non-hydrogen) atoms. The number of non-ortho nitro benzene ring substituents is 1. The van der Waals surface area contributed by atoms with E-state index in [-0.39, 0.29) is 16.8 Å². The van der Waals surface area contributed by atoms with E-state index in [9.17, 15) is 10.1 Å². The highest BCUT2D eigenvalue weighted by atomic mass is 35.5. The van der Waals surface area contributed by atoms with Gasteiger partial charge in [-0.25, -0.2) is 5.01 Å². The Morgan fingerprint density at radius 3 is 2.64 bits per heavy atom. The lowest BCUT2D eigenvalue weighted by Gasteiger charge is -2.23. The van der Waals surface area contributed by atoms with Crippen LogP contribution < -0.4 is 5.73 Å². The molecule has 0 amide bonds. The van der Waals surface area contributed by atoms with Crippen LogP contribution in [0.4, 0.5) is 5.69 Å². The molecule has 1 aliphatic heterocycles. The number of thiocarbonyl (C=S) groups is 1. The number of hydrogen-bond donors (Lipinski definition) is 1. The van der Waals surface area contributed by atoms with Gasteiger partial charge in [0.25, 0.3) is 5.69 Å². The standard InChI is InChI=1S/C17H15ClN4O2S/c1-10-8-12-2-5-13(18)9-15(12)16(20-21(10)17(19)25)11-3-6-14(7-4-11)22(23)24/h2-7,9-10H,8H2,1H3,(H2,19,25). The normalized spacial score (nSPS) is 16.6. The molecule has 128 valence electrons. The number of nitrogens with zero attached hydrogens (tertiary/aromatic N) is 3. The lowest BCUT2D eigenvalue weighted by Crippen LogP contribution is -2.38. The second-order valence-corrected chi connectivity index (χ2v) is 6.64. The van der Waals surface area contributed by atoms with Gasteiger partial charge in [0, 0.05) is 28.3 Å². The summed E-state index contributed by atoms with van der Waals surface area (Å²) in [5.41, 5.74) is 9.13. The number of nitro groups is 1. The van der Waals surface area contributed by atoms with E-state index in [4.69, 9.17) is 29.6 Å². The van der Waals surface area contributed by atoms with Gasteiger partial charge in [-0.2, -0.15) is 5.10 Å². The fraction of sp³-hybridized carbons (Fsp3) is 0.176. The van der Waals surface area contributed by atoms with Gasteiger partial charge >= 0.3 is 0 Å². The molecule has 2 aromatic rings. The van der Waals surface area contributed by atoms with Gasteiger partial charge in [0.2, 0.25) is 0 Å². The van der Waals surface area contributed by atoms with Gasteiger partial charge in [-0.1, -0.05) is 17.7 Å². The van der Waals surface area contributed by atoms with Crippen molar-refractivity contribution in [3.63, 3.8) is 0 Å². The Morgan fingerprint density at radius 1 is 1.36 bits per heavy atom. The van der Waals surface area contributed by atoms with Crippen LogP contribution in [0.1, 0.15) is 23.6 Å². The predicted octanol–water partition coefficient (Wildman–Crippen LogP) is 3.49. The summed E-state index contributed by atoms with van der Waals surface area (Å²) in [6.45, 7) is 1.99. The van der Waals surface area contributed by atoms with Gasteiger partial charge < -0.3 is 5.73 Å². The third kappa shape index (κ3) is 3.47. The molecule has 0 radical (unpaired) electrons. The molecule has 0 spiro atoms. The summed E-state index contributed by atoms with van der Waals surface area (Å²) in [5, 5.41) is 17.9. The minimum atomic E-state index is -0.438. The van der Waals surface area contributed by atoms with Crippen molar-refractivity contribution in [2.45, 2.75) is 19.4 Å². The monoisotopic (exact) mass is 374 g/mol. The molecular formula is C17H15ClN4O2S. The summed E-state index contributed by atoms with van der Waals surface area (Å²) in [4.78, 5) is 10.4. The summed E-state index contributed by atoms with van der Waals surface area (Å²) in [7, 11) is 0. The van der Waals surface area contributed by atoms with Crippen LogP contribution in [-0.4, -0.2) is 26.8 Å². The number of hydrogen-bond acceptors (Lipinski definition) is 4. The van der Waals surface area contributed by atoms with Crippen LogP contribution in [0, 0.1) is 10.1 Å². The number of halogens is 1. The topological polar surface area (TPSA) is 84.8 Å². The zero-order chi connectivity index (χ0) is 18.1. The van der Waals surface area contributed by atoms with Gasteiger partial charge in [0.05, 0.1) is 16.7 Å². The summed E-state index contributed by atoms with van der Waals surface area (Å²) in [5.74, 6) is 0. The van der Waals surface area contributed by atoms with Crippen LogP contribution in [0.25, 0.3) is 0 Å². The number of rotatable bonds is 2. The van der Waals surface area contributed by atoms with Crippen LogP contribution in [0.2, 0.25) is 5.02 Å². The predicted molar refractivity (Wildman–Crippen MR) is 102 cm³/mol. The van der Waals surface area contributed by atoms with E-state index in [2.05, 4.69) is 5.10 Å². The Bertz CT molecular complexity index is 883. The molecule has 0 bridgehead atoms. The average molecular weight is 375 g/mol. The summed E-state index contributed by atoms with van der Waals surface area (Å²) >= 11 is 11.3. The smallest absolute Gasteiger partial charge is 0.269 e. The zero-order valence-electron chi connectivity index (χ0n) is 13.3. The van der Waals surface area contributed by atoms with Crippen molar-refractivity contribution in [3.05, 3.63) is 74.3 Å². The van der Waals surface area contributed by atoms with Crippen molar-refractivity contribution < 1.29 is 4.92 Å². The van der Waals surface area contributed by atoms with Gasteiger partial charge in [0.1, 0.15) is 0 Å². The number of nitrogens with two attached hydrogens (primary N) is 1. The summed E-state index contributed by atoms with van der Waals surface area (Å²) < 4.78 is 0. The first-order valence-electron chi connectivity index (χ1n) is 7.57. The van der Waals surface area contributed by atoms with Crippen LogP contribution in [-0.2, 0) is 6.42 Å². The van der Waals surface area contributed by atoms with Gasteiger partial charge in [0.15, 0.2) is 5.11 Å². The van der Waals surface area contributed by atoms with E-state index >= 15 is 0 Å². The molecule has 2 N–H and O–H groups in total. The largest absolute Gasteiger partial charge is 0.375 e. The Kier molecular flexibility index (Phi) is 4.69. The van der Waals surface area contributed by atoms with E-state index < -0.39 is 4.92 Å². The lowest BCUT2D eigenvalue weighted by atomic mass is 9.95. The summed E-state index contributed by atoms with van der Waals surface area (Å²) in [6.07, 6.45) is 0.698. The number of nitro benzene ring substituents is 1. The third-order valence-corrected chi connectivity index (χ3v) is 4.47. The molecule has 1 atom stereocenters. The third-order valence-electron chi connectivity index (χ3n) is 4.04. The minimum absolute atomic E-state index is 0.0175. The number of hydrazone groups is 1. The van der Waals surface area contributed by atoms with E-state index in [0.717, 1.165) is 16.7 Å². The Balaban J connectivity index is 2.18. The van der Waals surface area contributed by atoms with E-state index in [1.165, 1.54) is 12.1 Å². The van der Waals surface area contributed by atoms with Crippen molar-refractivity contribution in [1.29, 1.82) is 0 Å². The van der Waals surface area contributed by atoms with Gasteiger partial charge in [-0.15, -0.1) is 0 Å². The Labute approximate surface area is 155 Å². The highest BCUT2D eigenvalue weighted by molar-refractivity contribution is 7.80. The van der Waals surface area contributed by atoms with E-state index in [0.29, 0.717) is 17.2 Å². The molecule has 0 aromatic heterocycles. The maximum Gasteiger partial charge on any atom is 0.269 e. The van der Waals surface area contributed by atoms with Crippen molar-refractivity contribution in [2.24, 2.45) is 10.8 Å². The maximum atomic E-state index is 10.9. The van der Waals surface area contributed by atoms with Crippen molar-refractivity contribution in [2.75, 3.05) is 0 Å². The fourth-order valence-corrected chi connectivity index (χ4v) is 3.23. The molecule has 0 fully saturated rings. The molecule has 1 aliphatic rings. The highest BCUT2D eigenvalue weighted by Gasteiger charge is 2.25. The molecule has 1 unspecified atom stereocenters. The Hall–Kier alpha value is -2.51. The van der Waals surface area contributed by atoms with Crippen LogP contribution >= 0.6 is 23.8 Å². The molecule has 0 saturated heterocycles. The van der Waals surface area contributed by atoms with Crippen LogP contribution in [0.3, 0.4) is 0 Å². The van der Waals surface area contributed by atoms with Crippen molar-refractivity contribution in [1.82, 2.24) is 5.01 Å². The maximum absolute atomic E-state index is 10.9. The second kappa shape index (κ2) is 6.78. The van der Waals surface area contributed by atoms with Crippen LogP contribution in [0.5, 0.6) is 0 Å². The second-order valence-electron chi connectivity index (χ2n) is 5.79. The molecular weight excluding hydrogens is 360 g/mol. The molecule has 2 aromatic carbocycles. The lowest BCUT2D eigenvalue weighted by molar-refractivity contribution is -0.384. The molecule has 0 aliphatic carbocycles. The average Bonchev–Trinajstić information content (AvgIpc) is 2.71. The van der Waals surface area contributed by atoms with Crippen molar-refractivity contribution >= 4 is 40.3 Å². The molecule has 0 saturated carbocycles. The SMILES string of the molecule is CC1Cc2ccc(Cl)cc2C(c2ccc([N+](=O)[O-])cc2)=NN1C(N)=S. The zero-order valence-corrected chi connectivity index (χ0v) is 14.9. The first kappa shape index (κ1) is 17.3. The first-order chi connectivity index (χ1) is 11.9. The fourth-order valence-electron chi connectivity index (χ4n) is 2.83. The van der Waals surface area contributed by atoms with Crippen molar-refractivity contribution in [3.8, 4) is 0 Å². The molecule has 6 nitrogen and oxygen atoms in total. The van der Waals surface area contributed by atoms with Gasteiger partial charge in [-0.3, -0.25) is 10.1 Å². The molecule has 3 rings (SSSR count). The highest BCUT2D eigenvalue weighted by Crippen LogP contribution is 2.27. The minimum Gasteiger partial charge on any atom is -0.375 e. The quantitative estimate of drug-likeness (QED) is 0.494. The van der Waals surface area contributed by atoms with Gasteiger partial charge in [-0.05, 0) is 55.4 Å². The summed E-state index contributed by atoms with van der Waals surface area (Å²) in [6, 6.07) is 11.8.